The molecule has 1 atom stereocenters. The summed E-state index contributed by atoms with van der Waals surface area (Å²) in [6, 6.07) is 3.32. The third-order valence-corrected chi connectivity index (χ3v) is 3.44. The molecule has 2 aromatic heterocycles. The van der Waals surface area contributed by atoms with E-state index in [1.54, 1.807) is 37.5 Å². The number of rotatable bonds is 5. The molecule has 0 unspecified atom stereocenters. The van der Waals surface area contributed by atoms with Gasteiger partial charge in [0.25, 0.3) is 0 Å². The molecule has 2 aromatic rings. The van der Waals surface area contributed by atoms with E-state index in [1.165, 1.54) is 0 Å². The second kappa shape index (κ2) is 6.39. The van der Waals surface area contributed by atoms with Crippen molar-refractivity contribution in [1.29, 1.82) is 0 Å². The summed E-state index contributed by atoms with van der Waals surface area (Å²) in [4.78, 5) is 22.5. The summed E-state index contributed by atoms with van der Waals surface area (Å²) in [5.41, 5.74) is 0.791. The largest absolute Gasteiger partial charge is 0.497 e. The maximum Gasteiger partial charge on any atom is 0.245 e. The lowest BCUT2D eigenvalue weighted by atomic mass is 10.2. The zero-order chi connectivity index (χ0) is 15.4. The molecule has 21 heavy (non-hydrogen) atoms. The standard InChI is InChI=1S/C15H20N4O2/c1-11(19-8-7-16-12(19)2)15(20)18(3)10-13-9-14(21-4)5-6-17-13/h5-9,11H,10H2,1-4H3/t11-/m1/s1. The quantitative estimate of drug-likeness (QED) is 0.842. The predicted octanol–water partition coefficient (Wildman–Crippen LogP) is 1.81. The maximum atomic E-state index is 12.5. The number of hydrogen-bond donors (Lipinski definition) is 0. The molecule has 112 valence electrons. The van der Waals surface area contributed by atoms with Crippen LogP contribution < -0.4 is 4.74 Å². The molecule has 1 amide bonds. The van der Waals surface area contributed by atoms with E-state index in [-0.39, 0.29) is 11.9 Å². The van der Waals surface area contributed by atoms with E-state index in [9.17, 15) is 4.79 Å². The van der Waals surface area contributed by atoms with Crippen LogP contribution in [0.4, 0.5) is 0 Å². The Morgan fingerprint density at radius 3 is 2.81 bits per heavy atom. The molecule has 0 aromatic carbocycles. The Bertz CT molecular complexity index is 624. The van der Waals surface area contributed by atoms with E-state index in [2.05, 4.69) is 9.97 Å². The summed E-state index contributed by atoms with van der Waals surface area (Å²) < 4.78 is 7.02. The van der Waals surface area contributed by atoms with Gasteiger partial charge in [0.05, 0.1) is 19.3 Å². The van der Waals surface area contributed by atoms with Crippen LogP contribution in [0, 0.1) is 6.92 Å². The molecule has 0 saturated carbocycles. The minimum absolute atomic E-state index is 0.0146. The summed E-state index contributed by atoms with van der Waals surface area (Å²) in [7, 11) is 3.38. The van der Waals surface area contributed by atoms with Crippen molar-refractivity contribution in [3.05, 3.63) is 42.2 Å². The molecule has 6 heteroatoms. The van der Waals surface area contributed by atoms with Gasteiger partial charge in [-0.15, -0.1) is 0 Å². The molecule has 2 heterocycles. The van der Waals surface area contributed by atoms with Gasteiger partial charge in [0.2, 0.25) is 5.91 Å². The maximum absolute atomic E-state index is 12.5. The van der Waals surface area contributed by atoms with Gasteiger partial charge in [-0.25, -0.2) is 4.98 Å². The smallest absolute Gasteiger partial charge is 0.245 e. The number of carbonyl (C=O) groups is 1. The topological polar surface area (TPSA) is 60.2 Å². The van der Waals surface area contributed by atoms with Crippen LogP contribution in [0.3, 0.4) is 0 Å². The highest BCUT2D eigenvalue weighted by Crippen LogP contribution is 2.15. The van der Waals surface area contributed by atoms with Crippen molar-refractivity contribution in [1.82, 2.24) is 19.4 Å². The van der Waals surface area contributed by atoms with Crippen LogP contribution in [-0.2, 0) is 11.3 Å². The number of carbonyl (C=O) groups excluding carboxylic acids is 1. The Hall–Kier alpha value is -2.37. The summed E-state index contributed by atoms with van der Waals surface area (Å²) in [6.45, 7) is 4.19. The van der Waals surface area contributed by atoms with E-state index in [1.807, 2.05) is 30.7 Å². The third-order valence-electron chi connectivity index (χ3n) is 3.44. The van der Waals surface area contributed by atoms with Crippen LogP contribution in [0.2, 0.25) is 0 Å². The van der Waals surface area contributed by atoms with Crippen LogP contribution in [0.25, 0.3) is 0 Å². The Balaban J connectivity index is 2.07. The fraction of sp³-hybridized carbons (Fsp3) is 0.400. The fourth-order valence-electron chi connectivity index (χ4n) is 2.23. The number of amides is 1. The molecular formula is C15H20N4O2. The molecule has 0 saturated heterocycles. The first-order valence-electron chi connectivity index (χ1n) is 6.76. The average Bonchev–Trinajstić information content (AvgIpc) is 2.92. The zero-order valence-electron chi connectivity index (χ0n) is 12.8. The van der Waals surface area contributed by atoms with Crippen molar-refractivity contribution in [2.45, 2.75) is 26.4 Å². The Morgan fingerprint density at radius 1 is 1.43 bits per heavy atom. The Kier molecular flexibility index (Phi) is 4.57. The lowest BCUT2D eigenvalue weighted by molar-refractivity contribution is -0.133. The van der Waals surface area contributed by atoms with Crippen LogP contribution in [-0.4, -0.2) is 39.5 Å². The first-order valence-corrected chi connectivity index (χ1v) is 6.76. The number of aryl methyl sites for hydroxylation is 1. The molecule has 6 nitrogen and oxygen atoms in total. The summed E-state index contributed by atoms with van der Waals surface area (Å²) in [6.07, 6.45) is 5.19. The van der Waals surface area contributed by atoms with Crippen molar-refractivity contribution >= 4 is 5.91 Å². The second-order valence-electron chi connectivity index (χ2n) is 4.94. The van der Waals surface area contributed by atoms with Gasteiger partial charge in [-0.1, -0.05) is 0 Å². The van der Waals surface area contributed by atoms with Crippen molar-refractivity contribution in [2.24, 2.45) is 0 Å². The number of methoxy groups -OCH3 is 1. The molecule has 0 bridgehead atoms. The normalized spacial score (nSPS) is 12.0. The Morgan fingerprint density at radius 2 is 2.19 bits per heavy atom. The molecule has 0 aliphatic rings. The van der Waals surface area contributed by atoms with Gasteiger partial charge in [-0.05, 0) is 19.9 Å². The van der Waals surface area contributed by atoms with Crippen LogP contribution in [0.5, 0.6) is 5.75 Å². The molecule has 0 aliphatic heterocycles. The van der Waals surface area contributed by atoms with Crippen LogP contribution in [0.1, 0.15) is 24.5 Å². The number of likely N-dealkylation sites (N-methyl/N-ethyl adjacent to an activating group) is 1. The molecule has 0 fully saturated rings. The number of aromatic nitrogens is 3. The molecule has 0 radical (unpaired) electrons. The van der Waals surface area contributed by atoms with Crippen molar-refractivity contribution in [2.75, 3.05) is 14.2 Å². The van der Waals surface area contributed by atoms with Gasteiger partial charge < -0.3 is 14.2 Å². The average molecular weight is 288 g/mol. The molecular weight excluding hydrogens is 268 g/mol. The molecule has 2 rings (SSSR count). The summed E-state index contributed by atoms with van der Waals surface area (Å²) in [5, 5.41) is 0. The number of nitrogens with zero attached hydrogens (tertiary/aromatic N) is 4. The Labute approximate surface area is 124 Å². The zero-order valence-corrected chi connectivity index (χ0v) is 12.8. The van der Waals surface area contributed by atoms with Crippen LogP contribution >= 0.6 is 0 Å². The summed E-state index contributed by atoms with van der Waals surface area (Å²) in [5.74, 6) is 1.57. The van der Waals surface area contributed by atoms with E-state index in [4.69, 9.17) is 4.74 Å². The van der Waals surface area contributed by atoms with Crippen LogP contribution in [0.15, 0.2) is 30.7 Å². The lowest BCUT2D eigenvalue weighted by Gasteiger charge is -2.22. The third kappa shape index (κ3) is 3.39. The first kappa shape index (κ1) is 15.0. The van der Waals surface area contributed by atoms with Gasteiger partial charge in [0.1, 0.15) is 17.6 Å². The molecule has 0 spiro atoms. The fourth-order valence-corrected chi connectivity index (χ4v) is 2.23. The van der Waals surface area contributed by atoms with E-state index in [0.29, 0.717) is 6.54 Å². The molecule has 0 aliphatic carbocycles. The van der Waals surface area contributed by atoms with Crippen molar-refractivity contribution in [3.8, 4) is 5.75 Å². The first-order chi connectivity index (χ1) is 10.0. The van der Waals surface area contributed by atoms with Gasteiger partial charge >= 0.3 is 0 Å². The second-order valence-corrected chi connectivity index (χ2v) is 4.94. The minimum atomic E-state index is -0.289. The highest BCUT2D eigenvalue weighted by atomic mass is 16.5. The van der Waals surface area contributed by atoms with Crippen molar-refractivity contribution in [3.63, 3.8) is 0 Å². The van der Waals surface area contributed by atoms with Crippen molar-refractivity contribution < 1.29 is 9.53 Å². The number of ether oxygens (including phenoxy) is 1. The van der Waals surface area contributed by atoms with Gasteiger partial charge in [0, 0.05) is 31.7 Å². The monoisotopic (exact) mass is 288 g/mol. The number of pyridine rings is 1. The number of imidazole rings is 1. The highest BCUT2D eigenvalue weighted by Gasteiger charge is 2.20. The lowest BCUT2D eigenvalue weighted by Crippen LogP contribution is -2.33. The van der Waals surface area contributed by atoms with Gasteiger partial charge in [-0.3, -0.25) is 9.78 Å². The summed E-state index contributed by atoms with van der Waals surface area (Å²) >= 11 is 0. The van der Waals surface area contributed by atoms with E-state index >= 15 is 0 Å². The van der Waals surface area contributed by atoms with E-state index in [0.717, 1.165) is 17.3 Å². The molecule has 0 N–H and O–H groups in total. The van der Waals surface area contributed by atoms with E-state index < -0.39 is 0 Å². The highest BCUT2D eigenvalue weighted by molar-refractivity contribution is 5.79. The van der Waals surface area contributed by atoms with Gasteiger partial charge in [0.15, 0.2) is 0 Å². The predicted molar refractivity (Wildman–Crippen MR) is 78.9 cm³/mol. The SMILES string of the molecule is COc1ccnc(CN(C)C(=O)[C@@H](C)n2ccnc2C)c1. The number of hydrogen-bond acceptors (Lipinski definition) is 4. The minimum Gasteiger partial charge on any atom is -0.497 e. The van der Waals surface area contributed by atoms with Gasteiger partial charge in [-0.2, -0.15) is 0 Å².